The second kappa shape index (κ2) is 48.2. The van der Waals surface area contributed by atoms with E-state index in [1.54, 1.807) is 0 Å². The van der Waals surface area contributed by atoms with Crippen LogP contribution in [0.15, 0.2) is 0 Å². The molecule has 364 valence electrons. The molecular weight excluding hydrogens is 761 g/mol. The molecular formula is C53H106N2O6. The predicted molar refractivity (Wildman–Crippen MR) is 260 cm³/mol. The first kappa shape index (κ1) is 59.8. The molecule has 0 saturated heterocycles. The van der Waals surface area contributed by atoms with Gasteiger partial charge in [-0.25, -0.2) is 0 Å². The number of rotatable bonds is 50. The number of unbranched alkanes of at least 4 members (excludes halogenated alkanes) is 24. The van der Waals surface area contributed by atoms with E-state index < -0.39 is 0 Å². The van der Waals surface area contributed by atoms with Crippen LogP contribution >= 0.6 is 0 Å². The van der Waals surface area contributed by atoms with Crippen molar-refractivity contribution in [3.8, 4) is 0 Å². The van der Waals surface area contributed by atoms with E-state index in [2.05, 4.69) is 37.5 Å². The number of carbonyl (C=O) groups excluding carboxylic acids is 2. The third-order valence-electron chi connectivity index (χ3n) is 12.6. The van der Waals surface area contributed by atoms with Gasteiger partial charge in [0.05, 0.1) is 13.2 Å². The Kier molecular flexibility index (Phi) is 47.3. The molecule has 8 nitrogen and oxygen atoms in total. The van der Waals surface area contributed by atoms with Crippen molar-refractivity contribution in [3.05, 3.63) is 0 Å². The summed E-state index contributed by atoms with van der Waals surface area (Å²) in [5.74, 6) is -0.0475. The minimum atomic E-state index is -0.0238. The molecule has 0 spiro atoms. The van der Waals surface area contributed by atoms with Crippen molar-refractivity contribution >= 4 is 11.9 Å². The molecule has 0 rings (SSSR count). The van der Waals surface area contributed by atoms with Crippen molar-refractivity contribution < 1.29 is 29.3 Å². The van der Waals surface area contributed by atoms with Gasteiger partial charge in [-0.2, -0.15) is 0 Å². The average Bonchev–Trinajstić information content (AvgIpc) is 3.25. The maximum absolute atomic E-state index is 12.9. The zero-order valence-electron chi connectivity index (χ0n) is 41.4. The van der Waals surface area contributed by atoms with Crippen LogP contribution in [0.1, 0.15) is 265 Å². The van der Waals surface area contributed by atoms with Gasteiger partial charge >= 0.3 is 11.9 Å². The standard InChI is InChI=1S/C53H106N2O6/c1-5-9-13-17-21-27-36-50(37-28-22-18-14-10-6-2)60-52(58)40-31-25-33-42-54(46-48-56)44-35-45-55(47-49-57)43-34-26-32-41-53(59)61-51(38-29-23-19-15-11-7-3)39-30-24-20-16-12-8-4/h50-51,56-57H,5-49H2,1-4H3. The van der Waals surface area contributed by atoms with Gasteiger partial charge in [0.2, 0.25) is 0 Å². The second-order valence-corrected chi connectivity index (χ2v) is 18.6. The molecule has 8 heteroatoms. The molecule has 0 atom stereocenters. The van der Waals surface area contributed by atoms with Crippen LogP contribution in [-0.4, -0.2) is 96.6 Å². The number of carbonyl (C=O) groups is 2. The SMILES string of the molecule is CCCCCCCCC(CCCCCCCC)OC(=O)CCCCCN(CCO)CCCN(CCO)CCCCCC(=O)OC(CCCCCCCC)CCCCCCCC. The summed E-state index contributed by atoms with van der Waals surface area (Å²) < 4.78 is 12.1. The monoisotopic (exact) mass is 867 g/mol. The topological polar surface area (TPSA) is 99.5 Å². The van der Waals surface area contributed by atoms with Crippen LogP contribution in [0.2, 0.25) is 0 Å². The first-order chi connectivity index (χ1) is 29.9. The molecule has 0 aromatic rings. The Labute approximate surface area is 379 Å². The minimum absolute atomic E-state index is 0.0238. The molecule has 0 aromatic carbocycles. The third-order valence-corrected chi connectivity index (χ3v) is 12.6. The summed E-state index contributed by atoms with van der Waals surface area (Å²) >= 11 is 0. The molecule has 0 radical (unpaired) electrons. The molecule has 0 heterocycles. The normalized spacial score (nSPS) is 11.8. The molecule has 0 saturated carbocycles. The first-order valence-corrected chi connectivity index (χ1v) is 27.0. The fourth-order valence-corrected chi connectivity index (χ4v) is 8.66. The van der Waals surface area contributed by atoms with Gasteiger partial charge in [0.15, 0.2) is 0 Å². The number of nitrogens with zero attached hydrogens (tertiary/aromatic N) is 2. The highest BCUT2D eigenvalue weighted by Gasteiger charge is 2.16. The summed E-state index contributed by atoms with van der Waals surface area (Å²) in [5, 5.41) is 19.5. The fraction of sp³-hybridized carbons (Fsp3) is 0.962. The zero-order valence-corrected chi connectivity index (χ0v) is 41.4. The van der Waals surface area contributed by atoms with Crippen LogP contribution in [0, 0.1) is 0 Å². The maximum Gasteiger partial charge on any atom is 0.306 e. The lowest BCUT2D eigenvalue weighted by atomic mass is 10.0. The van der Waals surface area contributed by atoms with Crippen LogP contribution in [0.25, 0.3) is 0 Å². The minimum Gasteiger partial charge on any atom is -0.462 e. The van der Waals surface area contributed by atoms with E-state index in [9.17, 15) is 19.8 Å². The summed E-state index contributed by atoms with van der Waals surface area (Å²) in [6.07, 6.45) is 42.3. The molecule has 0 fully saturated rings. The van der Waals surface area contributed by atoms with Gasteiger partial charge < -0.3 is 29.5 Å². The summed E-state index contributed by atoms with van der Waals surface area (Å²) in [6, 6.07) is 0. The Morgan fingerprint density at radius 1 is 0.344 bits per heavy atom. The van der Waals surface area contributed by atoms with Crippen molar-refractivity contribution in [3.63, 3.8) is 0 Å². The van der Waals surface area contributed by atoms with E-state index in [-0.39, 0.29) is 37.4 Å². The van der Waals surface area contributed by atoms with Crippen LogP contribution in [0.5, 0.6) is 0 Å². The Hall–Kier alpha value is -1.22. The van der Waals surface area contributed by atoms with E-state index in [1.807, 2.05) is 0 Å². The number of aliphatic hydroxyl groups is 2. The van der Waals surface area contributed by atoms with Crippen LogP contribution in [0.3, 0.4) is 0 Å². The van der Waals surface area contributed by atoms with Gasteiger partial charge in [-0.1, -0.05) is 169 Å². The Morgan fingerprint density at radius 3 is 0.902 bits per heavy atom. The lowest BCUT2D eigenvalue weighted by molar-refractivity contribution is -0.151. The van der Waals surface area contributed by atoms with Crippen LogP contribution < -0.4 is 0 Å². The van der Waals surface area contributed by atoms with E-state index in [0.717, 1.165) is 122 Å². The highest BCUT2D eigenvalue weighted by Crippen LogP contribution is 2.20. The van der Waals surface area contributed by atoms with Crippen molar-refractivity contribution in [1.82, 2.24) is 9.80 Å². The Bertz CT molecular complexity index is 804. The highest BCUT2D eigenvalue weighted by atomic mass is 16.5. The molecule has 0 unspecified atom stereocenters. The van der Waals surface area contributed by atoms with Gasteiger partial charge in [-0.05, 0) is 110 Å². The molecule has 0 bridgehead atoms. The number of esters is 2. The van der Waals surface area contributed by atoms with Crippen LogP contribution in [-0.2, 0) is 19.1 Å². The van der Waals surface area contributed by atoms with Gasteiger partial charge in [-0.15, -0.1) is 0 Å². The van der Waals surface area contributed by atoms with Crippen molar-refractivity contribution in [2.24, 2.45) is 0 Å². The van der Waals surface area contributed by atoms with E-state index in [4.69, 9.17) is 9.47 Å². The zero-order chi connectivity index (χ0) is 44.7. The van der Waals surface area contributed by atoms with Crippen molar-refractivity contribution in [2.45, 2.75) is 277 Å². The molecule has 2 N–H and O–H groups in total. The maximum atomic E-state index is 12.9. The lowest BCUT2D eigenvalue weighted by Crippen LogP contribution is -2.34. The molecule has 61 heavy (non-hydrogen) atoms. The van der Waals surface area contributed by atoms with E-state index in [1.165, 1.54) is 128 Å². The summed E-state index contributed by atoms with van der Waals surface area (Å²) in [6.45, 7) is 14.3. The second-order valence-electron chi connectivity index (χ2n) is 18.6. The summed E-state index contributed by atoms with van der Waals surface area (Å²) in [7, 11) is 0. The number of hydrogen-bond acceptors (Lipinski definition) is 8. The van der Waals surface area contributed by atoms with Gasteiger partial charge in [0.25, 0.3) is 0 Å². The van der Waals surface area contributed by atoms with Crippen molar-refractivity contribution in [1.29, 1.82) is 0 Å². The highest BCUT2D eigenvalue weighted by molar-refractivity contribution is 5.69. The summed E-state index contributed by atoms with van der Waals surface area (Å²) in [4.78, 5) is 30.4. The largest absolute Gasteiger partial charge is 0.462 e. The smallest absolute Gasteiger partial charge is 0.306 e. The lowest BCUT2D eigenvalue weighted by Gasteiger charge is -2.25. The molecule has 0 amide bonds. The van der Waals surface area contributed by atoms with Gasteiger partial charge in [-0.3, -0.25) is 9.59 Å². The quantitative estimate of drug-likeness (QED) is 0.0461. The van der Waals surface area contributed by atoms with Crippen LogP contribution in [0.4, 0.5) is 0 Å². The van der Waals surface area contributed by atoms with Gasteiger partial charge in [0, 0.05) is 25.9 Å². The molecule has 0 aromatic heterocycles. The predicted octanol–water partition coefficient (Wildman–Crippen LogP) is 13.9. The number of hydrogen-bond donors (Lipinski definition) is 2. The molecule has 0 aliphatic heterocycles. The fourth-order valence-electron chi connectivity index (χ4n) is 8.66. The Balaban J connectivity index is 4.51. The number of ether oxygens (including phenoxy) is 2. The summed E-state index contributed by atoms with van der Waals surface area (Å²) in [5.41, 5.74) is 0. The van der Waals surface area contributed by atoms with E-state index in [0.29, 0.717) is 25.9 Å². The van der Waals surface area contributed by atoms with Gasteiger partial charge in [0.1, 0.15) is 12.2 Å². The third kappa shape index (κ3) is 42.5. The first-order valence-electron chi connectivity index (χ1n) is 27.0. The average molecular weight is 867 g/mol. The molecule has 0 aliphatic rings. The Morgan fingerprint density at radius 2 is 0.607 bits per heavy atom. The van der Waals surface area contributed by atoms with E-state index >= 15 is 0 Å². The number of aliphatic hydroxyl groups excluding tert-OH is 2. The molecule has 0 aliphatic carbocycles. The van der Waals surface area contributed by atoms with Crippen molar-refractivity contribution in [2.75, 3.05) is 52.5 Å².